The Kier molecular flexibility index (Phi) is 2.34. The average Bonchev–Trinajstić information content (AvgIpc) is 2.12. The van der Waals surface area contributed by atoms with Gasteiger partial charge in [-0.1, -0.05) is 24.8 Å². The van der Waals surface area contributed by atoms with Crippen molar-refractivity contribution in [1.29, 1.82) is 0 Å². The second kappa shape index (κ2) is 3.27. The second-order valence-corrected chi connectivity index (χ2v) is 2.18. The number of rotatable bonds is 1. The first-order valence-electron chi connectivity index (χ1n) is 2.84. The number of hydrogen-bond acceptors (Lipinski definition) is 2. The van der Waals surface area contributed by atoms with E-state index in [4.69, 9.17) is 0 Å². The van der Waals surface area contributed by atoms with Crippen LogP contribution in [0.25, 0.3) is 0 Å². The van der Waals surface area contributed by atoms with Crippen LogP contribution in [0.5, 0.6) is 0 Å². The van der Waals surface area contributed by atoms with E-state index in [2.05, 4.69) is 17.9 Å². The van der Waals surface area contributed by atoms with Crippen molar-refractivity contribution in [3.8, 4) is 0 Å². The third-order valence-electron chi connectivity index (χ3n) is 1.05. The zero-order valence-electron chi connectivity index (χ0n) is 5.24. The maximum Gasteiger partial charge on any atom is 0.232 e. The molecule has 3 heteroatoms. The molecule has 0 bridgehead atoms. The summed E-state index contributed by atoms with van der Waals surface area (Å²) >= 11 is 3.65. The largest absolute Gasteiger partial charge is 0.358 e. The molecule has 52 valence electrons. The summed E-state index contributed by atoms with van der Waals surface area (Å²) in [7, 11) is 0. The minimum atomic E-state index is -0.254. The molecule has 0 saturated carbocycles. The van der Waals surface area contributed by atoms with Gasteiger partial charge in [-0.2, -0.15) is 0 Å². The summed E-state index contributed by atoms with van der Waals surface area (Å²) in [6, 6.07) is 0. The first-order valence-corrected chi connectivity index (χ1v) is 3.29. The van der Waals surface area contributed by atoms with Crippen molar-refractivity contribution in [2.75, 3.05) is 0 Å². The van der Waals surface area contributed by atoms with Crippen LogP contribution in [0.15, 0.2) is 36.2 Å². The van der Waals surface area contributed by atoms with Crippen molar-refractivity contribution in [3.05, 3.63) is 36.2 Å². The molecule has 0 aliphatic carbocycles. The normalized spacial score (nSPS) is 15.5. The van der Waals surface area contributed by atoms with E-state index in [-0.39, 0.29) is 5.12 Å². The van der Waals surface area contributed by atoms with Gasteiger partial charge in [-0.3, -0.25) is 4.79 Å². The van der Waals surface area contributed by atoms with E-state index in [9.17, 15) is 4.79 Å². The second-order valence-electron chi connectivity index (χ2n) is 1.77. The summed E-state index contributed by atoms with van der Waals surface area (Å²) in [5, 5.41) is 2.52. The van der Waals surface area contributed by atoms with Crippen molar-refractivity contribution >= 4 is 17.7 Å². The molecule has 0 aromatic rings. The third-order valence-corrected chi connectivity index (χ3v) is 1.29. The fourth-order valence-electron chi connectivity index (χ4n) is 0.591. The Bertz CT molecular complexity index is 228. The Morgan fingerprint density at radius 3 is 2.90 bits per heavy atom. The van der Waals surface area contributed by atoms with Gasteiger partial charge in [-0.15, -0.1) is 0 Å². The predicted octanol–water partition coefficient (Wildman–Crippen LogP) is 1.000. The van der Waals surface area contributed by atoms with E-state index in [0.29, 0.717) is 5.70 Å². The molecular weight excluding hydrogens is 146 g/mol. The van der Waals surface area contributed by atoms with Gasteiger partial charge in [0.1, 0.15) is 0 Å². The lowest BCUT2D eigenvalue weighted by Gasteiger charge is -1.97. The molecule has 0 fully saturated rings. The first kappa shape index (κ1) is 7.15. The zero-order valence-corrected chi connectivity index (χ0v) is 6.14. The molecule has 1 N–H and O–H groups in total. The maximum atomic E-state index is 10.6. The number of allylic oxidation sites excluding steroid dienone is 4. The maximum absolute atomic E-state index is 10.6. The van der Waals surface area contributed by atoms with Crippen molar-refractivity contribution in [1.82, 2.24) is 5.32 Å². The van der Waals surface area contributed by atoms with Crippen LogP contribution in [-0.2, 0) is 4.79 Å². The quantitative estimate of drug-likeness (QED) is 0.550. The van der Waals surface area contributed by atoms with Gasteiger partial charge < -0.3 is 5.32 Å². The highest BCUT2D eigenvalue weighted by molar-refractivity contribution is 7.97. The van der Waals surface area contributed by atoms with E-state index in [1.165, 1.54) is 0 Å². The van der Waals surface area contributed by atoms with E-state index in [1.807, 2.05) is 6.08 Å². The number of nitrogens with one attached hydrogen (secondary N) is 1. The van der Waals surface area contributed by atoms with Gasteiger partial charge in [0, 0.05) is 6.20 Å². The Morgan fingerprint density at radius 1 is 1.40 bits per heavy atom. The molecule has 0 radical (unpaired) electrons. The summed E-state index contributed by atoms with van der Waals surface area (Å²) in [4.78, 5) is 10.6. The van der Waals surface area contributed by atoms with Crippen molar-refractivity contribution < 1.29 is 4.79 Å². The lowest BCUT2D eigenvalue weighted by Crippen LogP contribution is -2.09. The van der Waals surface area contributed by atoms with Crippen molar-refractivity contribution in [3.63, 3.8) is 0 Å². The monoisotopic (exact) mass is 153 g/mol. The van der Waals surface area contributed by atoms with Crippen LogP contribution in [0.4, 0.5) is 0 Å². The minimum absolute atomic E-state index is 0.254. The Balaban J connectivity index is 2.78. The summed E-state index contributed by atoms with van der Waals surface area (Å²) < 4.78 is 0. The van der Waals surface area contributed by atoms with E-state index in [1.54, 1.807) is 24.4 Å². The molecule has 0 aromatic heterocycles. The molecule has 1 rings (SSSR count). The standard InChI is InChI=1S/C7H7NOS/c9-7(10)6-4-2-1-3-5-8-6/h1-5,8H,(H,9,10). The number of thiol groups is 1. The highest BCUT2D eigenvalue weighted by Crippen LogP contribution is 1.98. The lowest BCUT2D eigenvalue weighted by molar-refractivity contribution is -0.107. The molecule has 10 heavy (non-hydrogen) atoms. The van der Waals surface area contributed by atoms with E-state index in [0.717, 1.165) is 0 Å². The molecule has 0 saturated heterocycles. The van der Waals surface area contributed by atoms with Crippen LogP contribution < -0.4 is 5.32 Å². The molecule has 0 amide bonds. The topological polar surface area (TPSA) is 29.1 Å². The minimum Gasteiger partial charge on any atom is -0.358 e. The van der Waals surface area contributed by atoms with Crippen molar-refractivity contribution in [2.24, 2.45) is 0 Å². The molecule has 2 nitrogen and oxygen atoms in total. The first-order chi connectivity index (χ1) is 4.80. The molecule has 0 unspecified atom stereocenters. The third kappa shape index (κ3) is 1.77. The van der Waals surface area contributed by atoms with Crippen molar-refractivity contribution in [2.45, 2.75) is 0 Å². The van der Waals surface area contributed by atoms with Crippen LogP contribution in [0, 0.1) is 0 Å². The molecule has 1 aliphatic rings. The van der Waals surface area contributed by atoms with Crippen LogP contribution in [0.3, 0.4) is 0 Å². The summed E-state index contributed by atoms with van der Waals surface area (Å²) in [6.07, 6.45) is 8.77. The average molecular weight is 153 g/mol. The summed E-state index contributed by atoms with van der Waals surface area (Å²) in [6.45, 7) is 0. The fraction of sp³-hybridized carbons (Fsp3) is 0. The number of carbonyl (C=O) groups excluding carboxylic acids is 1. The van der Waals surface area contributed by atoms with E-state index >= 15 is 0 Å². The predicted molar refractivity (Wildman–Crippen MR) is 43.5 cm³/mol. The molecule has 0 spiro atoms. The Hall–Kier alpha value is -0.960. The van der Waals surface area contributed by atoms with Gasteiger partial charge in [0.25, 0.3) is 0 Å². The lowest BCUT2D eigenvalue weighted by atomic mass is 10.4. The number of hydrogen-bond donors (Lipinski definition) is 2. The molecule has 1 aliphatic heterocycles. The van der Waals surface area contributed by atoms with Gasteiger partial charge >= 0.3 is 0 Å². The Labute approximate surface area is 64.7 Å². The summed E-state index contributed by atoms with van der Waals surface area (Å²) in [5.41, 5.74) is 0.494. The van der Waals surface area contributed by atoms with Gasteiger partial charge in [-0.25, -0.2) is 0 Å². The van der Waals surface area contributed by atoms with Gasteiger partial charge in [0.2, 0.25) is 5.12 Å². The molecular formula is C7H7NOS. The van der Waals surface area contributed by atoms with Gasteiger partial charge in [0.05, 0.1) is 5.70 Å². The summed E-state index contributed by atoms with van der Waals surface area (Å²) in [5.74, 6) is 0. The molecule has 0 aromatic carbocycles. The highest BCUT2D eigenvalue weighted by Gasteiger charge is 1.99. The van der Waals surface area contributed by atoms with Gasteiger partial charge in [0.15, 0.2) is 0 Å². The number of carbonyl (C=O) groups is 1. The molecule has 0 atom stereocenters. The van der Waals surface area contributed by atoms with Crippen LogP contribution >= 0.6 is 12.6 Å². The van der Waals surface area contributed by atoms with Crippen LogP contribution in [0.2, 0.25) is 0 Å². The SMILES string of the molecule is O=C(S)C1=CC=CC=CN1. The van der Waals surface area contributed by atoms with Crippen LogP contribution in [-0.4, -0.2) is 5.12 Å². The highest BCUT2D eigenvalue weighted by atomic mass is 32.1. The molecule has 1 heterocycles. The van der Waals surface area contributed by atoms with Crippen LogP contribution in [0.1, 0.15) is 0 Å². The Morgan fingerprint density at radius 2 is 2.20 bits per heavy atom. The van der Waals surface area contributed by atoms with E-state index < -0.39 is 0 Å². The van der Waals surface area contributed by atoms with Gasteiger partial charge in [-0.05, 0) is 12.2 Å². The zero-order chi connectivity index (χ0) is 7.40. The fourth-order valence-corrected chi connectivity index (χ4v) is 0.730. The smallest absolute Gasteiger partial charge is 0.232 e.